The van der Waals surface area contributed by atoms with Gasteiger partial charge < -0.3 is 15.1 Å². The third-order valence-corrected chi connectivity index (χ3v) is 6.11. The third-order valence-electron chi connectivity index (χ3n) is 5.86. The highest BCUT2D eigenvalue weighted by Crippen LogP contribution is 2.43. The second-order valence-corrected chi connectivity index (χ2v) is 8.90. The molecular formula is C21H29ClN2O3. The Kier molecular flexibility index (Phi) is 6.14. The molecule has 27 heavy (non-hydrogen) atoms. The molecule has 1 fully saturated rings. The van der Waals surface area contributed by atoms with Crippen molar-refractivity contribution in [2.45, 2.75) is 39.2 Å². The van der Waals surface area contributed by atoms with E-state index in [9.17, 15) is 15.0 Å². The molecule has 0 radical (unpaired) electrons. The van der Waals surface area contributed by atoms with Gasteiger partial charge in [-0.15, -0.1) is 0 Å². The fraction of sp³-hybridized carbons (Fsp3) is 0.571. The zero-order valence-electron chi connectivity index (χ0n) is 16.1. The lowest BCUT2D eigenvalue weighted by Crippen LogP contribution is -2.56. The molecular weight excluding hydrogens is 364 g/mol. The van der Waals surface area contributed by atoms with Crippen molar-refractivity contribution in [3.63, 3.8) is 0 Å². The van der Waals surface area contributed by atoms with Crippen LogP contribution in [0.2, 0.25) is 5.02 Å². The van der Waals surface area contributed by atoms with Crippen molar-refractivity contribution in [3.8, 4) is 0 Å². The summed E-state index contributed by atoms with van der Waals surface area (Å²) in [5, 5.41) is 19.8. The summed E-state index contributed by atoms with van der Waals surface area (Å²) < 4.78 is 0. The molecule has 1 aromatic rings. The van der Waals surface area contributed by atoms with Gasteiger partial charge in [0, 0.05) is 31.2 Å². The highest BCUT2D eigenvalue weighted by molar-refractivity contribution is 6.30. The first-order chi connectivity index (χ1) is 12.8. The maximum Gasteiger partial charge on any atom is 0.407 e. The van der Waals surface area contributed by atoms with E-state index in [0.29, 0.717) is 19.6 Å². The molecule has 1 heterocycles. The fourth-order valence-corrected chi connectivity index (χ4v) is 4.28. The molecule has 3 rings (SSSR count). The number of aliphatic hydroxyl groups is 1. The van der Waals surface area contributed by atoms with Crippen LogP contribution in [0.4, 0.5) is 4.79 Å². The van der Waals surface area contributed by atoms with E-state index in [1.54, 1.807) is 0 Å². The molecule has 1 saturated heterocycles. The Balaban J connectivity index is 1.85. The molecule has 0 saturated carbocycles. The highest BCUT2D eigenvalue weighted by Gasteiger charge is 2.32. The molecule has 1 atom stereocenters. The molecule has 2 N–H and O–H groups in total. The lowest BCUT2D eigenvalue weighted by Gasteiger charge is -2.42. The van der Waals surface area contributed by atoms with Crippen LogP contribution in [0.5, 0.6) is 0 Å². The van der Waals surface area contributed by atoms with Crippen LogP contribution in [0.25, 0.3) is 5.57 Å². The highest BCUT2D eigenvalue weighted by atomic mass is 35.5. The van der Waals surface area contributed by atoms with Crippen molar-refractivity contribution in [3.05, 3.63) is 40.4 Å². The molecule has 6 heteroatoms. The molecule has 0 bridgehead atoms. The first-order valence-electron chi connectivity index (χ1n) is 9.59. The van der Waals surface area contributed by atoms with Crippen LogP contribution in [0, 0.1) is 5.41 Å². The molecule has 1 aromatic carbocycles. The second-order valence-electron chi connectivity index (χ2n) is 8.47. The normalized spacial score (nSPS) is 23.6. The number of hydrogen-bond donors (Lipinski definition) is 2. The van der Waals surface area contributed by atoms with Crippen molar-refractivity contribution in [1.82, 2.24) is 9.80 Å². The zero-order valence-corrected chi connectivity index (χ0v) is 16.9. The van der Waals surface area contributed by atoms with E-state index in [1.807, 2.05) is 12.1 Å². The number of rotatable bonds is 4. The minimum atomic E-state index is -0.909. The Bertz CT molecular complexity index is 715. The predicted octanol–water partition coefficient (Wildman–Crippen LogP) is 3.96. The van der Waals surface area contributed by atoms with E-state index in [2.05, 4.69) is 30.9 Å². The average Bonchev–Trinajstić information content (AvgIpc) is 2.63. The summed E-state index contributed by atoms with van der Waals surface area (Å²) >= 11 is 6.07. The van der Waals surface area contributed by atoms with Crippen LogP contribution in [0.1, 0.15) is 38.7 Å². The monoisotopic (exact) mass is 392 g/mol. The van der Waals surface area contributed by atoms with Crippen LogP contribution in [-0.4, -0.2) is 64.9 Å². The first kappa shape index (κ1) is 20.2. The van der Waals surface area contributed by atoms with Crippen LogP contribution in [0.3, 0.4) is 0 Å². The van der Waals surface area contributed by atoms with Gasteiger partial charge in [0.1, 0.15) is 0 Å². The number of carbonyl (C=O) groups is 1. The van der Waals surface area contributed by atoms with Gasteiger partial charge in [-0.05, 0) is 47.9 Å². The van der Waals surface area contributed by atoms with Gasteiger partial charge in [0.25, 0.3) is 0 Å². The number of nitrogens with zero attached hydrogens (tertiary/aromatic N) is 2. The lowest BCUT2D eigenvalue weighted by molar-refractivity contribution is 0.0458. The van der Waals surface area contributed by atoms with E-state index in [0.717, 1.165) is 30.8 Å². The Hall–Kier alpha value is -1.56. The summed E-state index contributed by atoms with van der Waals surface area (Å²) in [4.78, 5) is 14.9. The van der Waals surface area contributed by atoms with E-state index in [-0.39, 0.29) is 18.1 Å². The molecule has 5 nitrogen and oxygen atoms in total. The van der Waals surface area contributed by atoms with Crippen molar-refractivity contribution in [2.75, 3.05) is 32.8 Å². The van der Waals surface area contributed by atoms with Gasteiger partial charge in [0.2, 0.25) is 0 Å². The van der Waals surface area contributed by atoms with Crippen LogP contribution >= 0.6 is 11.6 Å². The fourth-order valence-electron chi connectivity index (χ4n) is 4.16. The largest absolute Gasteiger partial charge is 0.465 e. The molecule has 1 amide bonds. The predicted molar refractivity (Wildman–Crippen MR) is 108 cm³/mol. The number of hydrogen-bond acceptors (Lipinski definition) is 3. The van der Waals surface area contributed by atoms with Crippen molar-refractivity contribution < 1.29 is 15.0 Å². The van der Waals surface area contributed by atoms with Crippen LogP contribution in [0.15, 0.2) is 29.8 Å². The number of amides is 1. The Morgan fingerprint density at radius 3 is 2.59 bits per heavy atom. The Morgan fingerprint density at radius 2 is 1.96 bits per heavy atom. The number of piperazine rings is 1. The summed E-state index contributed by atoms with van der Waals surface area (Å²) in [5.41, 5.74) is 4.25. The number of carboxylic acid groups (broad SMARTS) is 1. The standard InChI is InChI=1S/C21H29ClN2O3/c1-21(2)8-7-16(19(11-21)15-3-5-17(22)6-4-15)12-23-9-10-24(20(26)27)13-18(23)14-25/h3-6,18,25H,7-14H2,1-2H3,(H,26,27). The number of allylic oxidation sites excluding steroid dienone is 1. The van der Waals surface area contributed by atoms with Gasteiger partial charge in [0.15, 0.2) is 0 Å². The molecule has 148 valence electrons. The summed E-state index contributed by atoms with van der Waals surface area (Å²) in [6.07, 6.45) is 2.28. The summed E-state index contributed by atoms with van der Waals surface area (Å²) in [6.45, 7) is 6.87. The molecule has 1 aliphatic heterocycles. The van der Waals surface area contributed by atoms with Crippen molar-refractivity contribution in [2.24, 2.45) is 5.41 Å². The minimum absolute atomic E-state index is 0.0289. The number of benzene rings is 1. The SMILES string of the molecule is CC1(C)CCC(CN2CCN(C(=O)O)CC2CO)=C(c2ccc(Cl)cc2)C1. The molecule has 1 aliphatic carbocycles. The van der Waals surface area contributed by atoms with Crippen molar-refractivity contribution >= 4 is 23.3 Å². The van der Waals surface area contributed by atoms with Crippen LogP contribution < -0.4 is 0 Å². The van der Waals surface area contributed by atoms with Gasteiger partial charge in [-0.2, -0.15) is 0 Å². The van der Waals surface area contributed by atoms with E-state index < -0.39 is 6.09 Å². The maximum absolute atomic E-state index is 11.3. The summed E-state index contributed by atoms with van der Waals surface area (Å²) in [7, 11) is 0. The Morgan fingerprint density at radius 1 is 1.26 bits per heavy atom. The molecule has 1 unspecified atom stereocenters. The topological polar surface area (TPSA) is 64.0 Å². The molecule has 0 aromatic heterocycles. The smallest absolute Gasteiger partial charge is 0.407 e. The van der Waals surface area contributed by atoms with Crippen LogP contribution in [-0.2, 0) is 0 Å². The summed E-state index contributed by atoms with van der Waals surface area (Å²) in [6, 6.07) is 7.90. The zero-order chi connectivity index (χ0) is 19.6. The van der Waals surface area contributed by atoms with Gasteiger partial charge in [-0.25, -0.2) is 4.79 Å². The molecule has 0 spiro atoms. The first-order valence-corrected chi connectivity index (χ1v) is 9.96. The number of aliphatic hydroxyl groups excluding tert-OH is 1. The second kappa shape index (κ2) is 8.21. The van der Waals surface area contributed by atoms with E-state index >= 15 is 0 Å². The van der Waals surface area contributed by atoms with Gasteiger partial charge in [-0.3, -0.25) is 4.90 Å². The maximum atomic E-state index is 11.3. The van der Waals surface area contributed by atoms with Gasteiger partial charge in [-0.1, -0.05) is 43.2 Å². The quantitative estimate of drug-likeness (QED) is 0.814. The lowest BCUT2D eigenvalue weighted by atomic mass is 9.72. The minimum Gasteiger partial charge on any atom is -0.465 e. The van der Waals surface area contributed by atoms with Crippen molar-refractivity contribution in [1.29, 1.82) is 0 Å². The molecule has 2 aliphatic rings. The Labute approximate surface area is 166 Å². The third kappa shape index (κ3) is 4.84. The average molecular weight is 393 g/mol. The van der Waals surface area contributed by atoms with Gasteiger partial charge in [0.05, 0.1) is 12.6 Å². The summed E-state index contributed by atoms with van der Waals surface area (Å²) in [5.74, 6) is 0. The van der Waals surface area contributed by atoms with E-state index in [1.165, 1.54) is 21.6 Å². The number of halogens is 1. The van der Waals surface area contributed by atoms with E-state index in [4.69, 9.17) is 11.6 Å². The van der Waals surface area contributed by atoms with Gasteiger partial charge >= 0.3 is 6.09 Å².